The SMILES string of the molecule is C=C/C(=C\N=C)c1nc(N2CCNC(=O)C2)c2cc(-c3ccc(F)cc3F)ccc2n1. The maximum absolute atomic E-state index is 14.4. The number of hydrogen-bond donors (Lipinski definition) is 1. The first-order chi connectivity index (χ1) is 15.0. The second kappa shape index (κ2) is 8.43. The molecule has 6 nitrogen and oxygen atoms in total. The van der Waals surface area contributed by atoms with Gasteiger partial charge in [0.1, 0.15) is 17.5 Å². The molecule has 0 aliphatic carbocycles. The number of halogens is 2. The van der Waals surface area contributed by atoms with Gasteiger partial charge in [-0.05, 0) is 36.5 Å². The van der Waals surface area contributed by atoms with Crippen LogP contribution in [-0.4, -0.2) is 42.2 Å². The van der Waals surface area contributed by atoms with Gasteiger partial charge >= 0.3 is 0 Å². The number of carbonyl (C=O) groups excluding carboxylic acids is 1. The van der Waals surface area contributed by atoms with E-state index in [2.05, 4.69) is 33.6 Å². The van der Waals surface area contributed by atoms with Crippen molar-refractivity contribution in [3.8, 4) is 11.1 Å². The molecule has 4 rings (SSSR count). The number of nitrogens with zero attached hydrogens (tertiary/aromatic N) is 4. The van der Waals surface area contributed by atoms with Gasteiger partial charge in [-0.2, -0.15) is 0 Å². The summed E-state index contributed by atoms with van der Waals surface area (Å²) in [6.07, 6.45) is 3.08. The van der Waals surface area contributed by atoms with E-state index >= 15 is 0 Å². The summed E-state index contributed by atoms with van der Waals surface area (Å²) in [7, 11) is 0. The summed E-state index contributed by atoms with van der Waals surface area (Å²) in [6.45, 7) is 8.40. The van der Waals surface area contributed by atoms with Crippen LogP contribution in [0.4, 0.5) is 14.6 Å². The summed E-state index contributed by atoms with van der Waals surface area (Å²) in [5.74, 6) is -0.500. The number of benzene rings is 2. The molecule has 0 radical (unpaired) electrons. The lowest BCUT2D eigenvalue weighted by Crippen LogP contribution is -2.48. The fourth-order valence-corrected chi connectivity index (χ4v) is 3.49. The third-order valence-electron chi connectivity index (χ3n) is 4.96. The van der Waals surface area contributed by atoms with Crippen LogP contribution in [0.5, 0.6) is 0 Å². The van der Waals surface area contributed by atoms with Gasteiger partial charge in [-0.1, -0.05) is 18.7 Å². The van der Waals surface area contributed by atoms with Crippen molar-refractivity contribution in [2.24, 2.45) is 4.99 Å². The van der Waals surface area contributed by atoms with E-state index < -0.39 is 11.6 Å². The van der Waals surface area contributed by atoms with Gasteiger partial charge in [0, 0.05) is 41.9 Å². The zero-order valence-electron chi connectivity index (χ0n) is 16.6. The number of allylic oxidation sites excluding steroid dienone is 2. The summed E-state index contributed by atoms with van der Waals surface area (Å²) < 4.78 is 27.7. The third-order valence-corrected chi connectivity index (χ3v) is 4.96. The van der Waals surface area contributed by atoms with Crippen molar-refractivity contribution in [1.29, 1.82) is 0 Å². The fourth-order valence-electron chi connectivity index (χ4n) is 3.49. The second-order valence-electron chi connectivity index (χ2n) is 6.97. The highest BCUT2D eigenvalue weighted by atomic mass is 19.1. The Kier molecular flexibility index (Phi) is 5.53. The van der Waals surface area contributed by atoms with Gasteiger partial charge in [0.25, 0.3) is 0 Å². The number of nitrogens with one attached hydrogen (secondary N) is 1. The van der Waals surface area contributed by atoms with E-state index in [4.69, 9.17) is 0 Å². The zero-order chi connectivity index (χ0) is 22.0. The van der Waals surface area contributed by atoms with Crippen LogP contribution in [-0.2, 0) is 4.79 Å². The highest BCUT2D eigenvalue weighted by Crippen LogP contribution is 2.32. The molecule has 1 fully saturated rings. The third kappa shape index (κ3) is 4.05. The molecule has 1 amide bonds. The lowest BCUT2D eigenvalue weighted by atomic mass is 10.0. The summed E-state index contributed by atoms with van der Waals surface area (Å²) >= 11 is 0. The molecule has 1 N–H and O–H groups in total. The zero-order valence-corrected chi connectivity index (χ0v) is 16.6. The lowest BCUT2D eigenvalue weighted by Gasteiger charge is -2.29. The Hall–Kier alpha value is -3.94. The highest BCUT2D eigenvalue weighted by Gasteiger charge is 2.22. The Labute approximate surface area is 177 Å². The molecule has 0 atom stereocenters. The molecule has 0 unspecified atom stereocenters. The molecular weight excluding hydrogens is 400 g/mol. The first kappa shape index (κ1) is 20.3. The Morgan fingerprint density at radius 1 is 1.19 bits per heavy atom. The van der Waals surface area contributed by atoms with E-state index in [0.29, 0.717) is 46.8 Å². The van der Waals surface area contributed by atoms with Crippen LogP contribution in [0.3, 0.4) is 0 Å². The summed E-state index contributed by atoms with van der Waals surface area (Å²) in [6, 6.07) is 8.66. The molecule has 8 heteroatoms. The van der Waals surface area contributed by atoms with Crippen molar-refractivity contribution in [2.45, 2.75) is 0 Å². The summed E-state index contributed by atoms with van der Waals surface area (Å²) in [5.41, 5.74) is 2.00. The predicted octanol–water partition coefficient (Wildman–Crippen LogP) is 3.74. The fraction of sp³-hybridized carbons (Fsp3) is 0.130. The number of anilines is 1. The number of rotatable bonds is 5. The van der Waals surface area contributed by atoms with Gasteiger partial charge in [0.05, 0.1) is 12.1 Å². The normalized spacial score (nSPS) is 14.5. The van der Waals surface area contributed by atoms with E-state index in [1.54, 1.807) is 24.3 Å². The van der Waals surface area contributed by atoms with Crippen LogP contribution in [0.25, 0.3) is 27.6 Å². The molecule has 31 heavy (non-hydrogen) atoms. The molecular formula is C23H19F2N5O. The average Bonchev–Trinajstić information content (AvgIpc) is 2.76. The number of hydrogen-bond acceptors (Lipinski definition) is 5. The molecule has 1 saturated heterocycles. The van der Waals surface area contributed by atoms with Crippen LogP contribution in [0.15, 0.2) is 60.2 Å². The average molecular weight is 419 g/mol. The monoisotopic (exact) mass is 419 g/mol. The molecule has 2 aromatic carbocycles. The predicted molar refractivity (Wildman–Crippen MR) is 118 cm³/mol. The topological polar surface area (TPSA) is 70.5 Å². The highest BCUT2D eigenvalue weighted by molar-refractivity contribution is 5.96. The van der Waals surface area contributed by atoms with Crippen LogP contribution in [0.2, 0.25) is 0 Å². The Balaban J connectivity index is 1.93. The lowest BCUT2D eigenvalue weighted by molar-refractivity contribution is -0.120. The van der Waals surface area contributed by atoms with E-state index in [9.17, 15) is 13.6 Å². The summed E-state index contributed by atoms with van der Waals surface area (Å²) in [5, 5.41) is 3.44. The van der Waals surface area contributed by atoms with Crippen molar-refractivity contribution in [1.82, 2.24) is 15.3 Å². The minimum atomic E-state index is -0.662. The minimum absolute atomic E-state index is 0.118. The van der Waals surface area contributed by atoms with E-state index in [0.717, 1.165) is 6.07 Å². The second-order valence-corrected chi connectivity index (χ2v) is 6.97. The van der Waals surface area contributed by atoms with Crippen LogP contribution in [0, 0.1) is 11.6 Å². The number of aliphatic imine (C=N–C) groups is 1. The molecule has 156 valence electrons. The number of aromatic nitrogens is 2. The number of piperazine rings is 1. The largest absolute Gasteiger partial charge is 0.353 e. The van der Waals surface area contributed by atoms with Gasteiger partial charge in [-0.15, -0.1) is 0 Å². The van der Waals surface area contributed by atoms with Crippen LogP contribution < -0.4 is 10.2 Å². The van der Waals surface area contributed by atoms with Crippen molar-refractivity contribution in [2.75, 3.05) is 24.5 Å². The Bertz CT molecular complexity index is 1240. The minimum Gasteiger partial charge on any atom is -0.353 e. The van der Waals surface area contributed by atoms with Crippen LogP contribution in [0.1, 0.15) is 5.82 Å². The van der Waals surface area contributed by atoms with Crippen molar-refractivity contribution < 1.29 is 13.6 Å². The molecule has 0 spiro atoms. The molecule has 1 aromatic heterocycles. The number of amides is 1. The molecule has 0 bridgehead atoms. The van der Waals surface area contributed by atoms with E-state index in [1.807, 2.05) is 4.90 Å². The first-order valence-electron chi connectivity index (χ1n) is 9.58. The summed E-state index contributed by atoms with van der Waals surface area (Å²) in [4.78, 5) is 26.9. The molecule has 0 saturated carbocycles. The van der Waals surface area contributed by atoms with Gasteiger partial charge < -0.3 is 10.2 Å². The van der Waals surface area contributed by atoms with E-state index in [1.165, 1.54) is 18.3 Å². The first-order valence-corrected chi connectivity index (χ1v) is 9.58. The van der Waals surface area contributed by atoms with Gasteiger partial charge in [0.15, 0.2) is 5.82 Å². The van der Waals surface area contributed by atoms with Crippen molar-refractivity contribution in [3.63, 3.8) is 0 Å². The van der Waals surface area contributed by atoms with Crippen LogP contribution >= 0.6 is 0 Å². The van der Waals surface area contributed by atoms with Gasteiger partial charge in [-0.25, -0.2) is 18.7 Å². The quantitative estimate of drug-likeness (QED) is 0.505. The molecule has 2 heterocycles. The Morgan fingerprint density at radius 2 is 2.03 bits per heavy atom. The standard InChI is InChI=1S/C23H19F2N5O/c1-3-14(12-26-2)22-28-20-7-4-15(17-6-5-16(24)11-19(17)25)10-18(20)23(29-22)30-9-8-27-21(31)13-30/h3-7,10-12H,1-2,8-9,13H2,(H,27,31)/b14-12+. The number of fused-ring (bicyclic) bond motifs is 1. The van der Waals surface area contributed by atoms with Crippen molar-refractivity contribution in [3.05, 3.63) is 72.7 Å². The van der Waals surface area contributed by atoms with E-state index in [-0.39, 0.29) is 18.0 Å². The Morgan fingerprint density at radius 3 is 2.74 bits per heavy atom. The smallest absolute Gasteiger partial charge is 0.239 e. The molecule has 1 aliphatic rings. The maximum Gasteiger partial charge on any atom is 0.239 e. The number of carbonyl (C=O) groups is 1. The molecule has 1 aliphatic heterocycles. The van der Waals surface area contributed by atoms with Crippen molar-refractivity contribution >= 4 is 34.9 Å². The maximum atomic E-state index is 14.4. The van der Waals surface area contributed by atoms with Gasteiger partial charge in [-0.3, -0.25) is 9.79 Å². The van der Waals surface area contributed by atoms with Gasteiger partial charge in [0.2, 0.25) is 5.91 Å². The molecule has 3 aromatic rings.